The van der Waals surface area contributed by atoms with E-state index in [9.17, 15) is 20.4 Å². The van der Waals surface area contributed by atoms with Crippen LogP contribution in [0.3, 0.4) is 0 Å². The van der Waals surface area contributed by atoms with E-state index in [-0.39, 0.29) is 52.0 Å². The largest absolute Gasteiger partial charge is 0.390 e. The van der Waals surface area contributed by atoms with E-state index in [4.69, 9.17) is 14.2 Å². The van der Waals surface area contributed by atoms with Gasteiger partial charge in [0, 0.05) is 12.0 Å². The SMILES string of the molecule is CNCC1C[C@@H](C)[C@H]2C(O1)[C@H](O)[C@@]1(C)C3CC[C@H]4C(C)(C)C(O[C@@H]5OC[C@@H](O)[C@H](O)[C@H]5O)CC[C@@]45C[C@@]35CC[C@]21C. The van der Waals surface area contributed by atoms with Crippen molar-refractivity contribution in [3.05, 3.63) is 0 Å². The number of rotatable bonds is 4. The molecule has 0 aromatic rings. The monoisotopic (exact) mass is 577 g/mol. The molecule has 41 heavy (non-hydrogen) atoms. The highest BCUT2D eigenvalue weighted by Crippen LogP contribution is 2.89. The summed E-state index contributed by atoms with van der Waals surface area (Å²) in [6.07, 6.45) is 4.04. The van der Waals surface area contributed by atoms with Crippen molar-refractivity contribution in [3.63, 3.8) is 0 Å². The first-order valence-electron chi connectivity index (χ1n) is 16.6. The van der Waals surface area contributed by atoms with Gasteiger partial charge in [0.2, 0.25) is 0 Å². The number of aliphatic hydroxyl groups excluding tert-OH is 4. The van der Waals surface area contributed by atoms with E-state index in [2.05, 4.69) is 39.9 Å². The van der Waals surface area contributed by atoms with Crippen molar-refractivity contribution in [1.82, 2.24) is 5.32 Å². The van der Waals surface area contributed by atoms with Crippen molar-refractivity contribution < 1.29 is 34.6 Å². The van der Waals surface area contributed by atoms with Gasteiger partial charge < -0.3 is 40.0 Å². The molecule has 8 heteroatoms. The zero-order chi connectivity index (χ0) is 29.3. The molecule has 2 aliphatic heterocycles. The van der Waals surface area contributed by atoms with Gasteiger partial charge in [-0.1, -0.05) is 34.6 Å². The molecular weight excluding hydrogens is 522 g/mol. The molecule has 7 fully saturated rings. The minimum atomic E-state index is -1.26. The summed E-state index contributed by atoms with van der Waals surface area (Å²) < 4.78 is 18.8. The summed E-state index contributed by atoms with van der Waals surface area (Å²) in [5, 5.41) is 46.3. The van der Waals surface area contributed by atoms with Gasteiger partial charge in [0.05, 0.1) is 31.0 Å². The van der Waals surface area contributed by atoms with Gasteiger partial charge in [0.15, 0.2) is 6.29 Å². The predicted octanol–water partition coefficient (Wildman–Crippen LogP) is 2.84. The van der Waals surface area contributed by atoms with Crippen LogP contribution in [0, 0.1) is 50.7 Å². The molecule has 5 saturated carbocycles. The fourth-order valence-electron chi connectivity index (χ4n) is 13.0. The van der Waals surface area contributed by atoms with Crippen LogP contribution in [-0.4, -0.2) is 89.6 Å². The first kappa shape index (κ1) is 29.4. The molecule has 2 saturated heterocycles. The molecule has 0 aromatic heterocycles. The lowest BCUT2D eigenvalue weighted by atomic mass is 9.41. The van der Waals surface area contributed by atoms with Crippen molar-refractivity contribution in [1.29, 1.82) is 0 Å². The van der Waals surface area contributed by atoms with E-state index >= 15 is 0 Å². The van der Waals surface area contributed by atoms with Gasteiger partial charge in [-0.3, -0.25) is 0 Å². The Labute approximate surface area is 245 Å². The standard InChI is InChI=1S/C33H55NO7/c1-17-13-18(14-34-6)40-26-23(17)30(4)11-12-33-16-32(33)10-9-22(41-28-25(37)24(36)19(35)15-39-28)29(2,3)20(32)7-8-21(33)31(30,5)27(26)38/h17-28,34-38H,7-16H2,1-6H3/t17-,18?,19-,20+,21?,22?,23+,24+,25-,26?,27+,28+,30-,31-,32-,33+/m1/s1. The molecule has 8 nitrogen and oxygen atoms in total. The molecule has 16 atom stereocenters. The second-order valence-corrected chi connectivity index (χ2v) is 16.6. The Morgan fingerprint density at radius 1 is 0.902 bits per heavy atom. The molecular formula is C33H55NO7. The summed E-state index contributed by atoms with van der Waals surface area (Å²) in [7, 11) is 1.99. The second kappa shape index (κ2) is 9.35. The number of hydrogen-bond acceptors (Lipinski definition) is 8. The third-order valence-corrected chi connectivity index (χ3v) is 15.0. The van der Waals surface area contributed by atoms with Gasteiger partial charge in [-0.2, -0.15) is 0 Å². The van der Waals surface area contributed by atoms with Crippen molar-refractivity contribution in [2.75, 3.05) is 20.2 Å². The quantitative estimate of drug-likeness (QED) is 0.324. The van der Waals surface area contributed by atoms with Crippen molar-refractivity contribution >= 4 is 0 Å². The summed E-state index contributed by atoms with van der Waals surface area (Å²) >= 11 is 0. The molecule has 7 rings (SSSR count). The Balaban J connectivity index is 1.15. The minimum Gasteiger partial charge on any atom is -0.390 e. The summed E-state index contributed by atoms with van der Waals surface area (Å²) in [6.45, 7) is 12.8. The van der Waals surface area contributed by atoms with E-state index in [0.29, 0.717) is 23.7 Å². The number of likely N-dealkylation sites (N-methyl/N-ethyl adjacent to an activating group) is 1. The Morgan fingerprint density at radius 3 is 2.34 bits per heavy atom. The van der Waals surface area contributed by atoms with E-state index in [1.807, 2.05) is 7.05 Å². The molecule has 2 spiro atoms. The zero-order valence-electron chi connectivity index (χ0n) is 26.0. The highest BCUT2D eigenvalue weighted by Gasteiger charge is 2.84. The predicted molar refractivity (Wildman–Crippen MR) is 153 cm³/mol. The first-order valence-corrected chi connectivity index (χ1v) is 16.6. The van der Waals surface area contributed by atoms with Crippen LogP contribution < -0.4 is 5.32 Å². The Morgan fingerprint density at radius 2 is 1.61 bits per heavy atom. The van der Waals surface area contributed by atoms with Crippen molar-refractivity contribution in [2.24, 2.45) is 50.7 Å². The molecule has 5 aliphatic carbocycles. The van der Waals surface area contributed by atoms with Gasteiger partial charge in [-0.25, -0.2) is 0 Å². The van der Waals surface area contributed by atoms with E-state index in [0.717, 1.165) is 38.6 Å². The van der Waals surface area contributed by atoms with Crippen molar-refractivity contribution in [3.8, 4) is 0 Å². The number of ether oxygens (including phenoxy) is 3. The second-order valence-electron chi connectivity index (χ2n) is 16.6. The van der Waals surface area contributed by atoms with Crippen molar-refractivity contribution in [2.45, 2.75) is 135 Å². The van der Waals surface area contributed by atoms with Gasteiger partial charge in [0.25, 0.3) is 0 Å². The molecule has 2 heterocycles. The molecule has 234 valence electrons. The lowest BCUT2D eigenvalue weighted by Gasteiger charge is -2.64. The average molecular weight is 578 g/mol. The van der Waals surface area contributed by atoms with Gasteiger partial charge >= 0.3 is 0 Å². The van der Waals surface area contributed by atoms with Gasteiger partial charge in [-0.05, 0) is 104 Å². The lowest BCUT2D eigenvalue weighted by Crippen LogP contribution is -2.61. The zero-order valence-corrected chi connectivity index (χ0v) is 26.0. The minimum absolute atomic E-state index is 0.0338. The average Bonchev–Trinajstić information content (AvgIpc) is 3.55. The van der Waals surface area contributed by atoms with Gasteiger partial charge in [0.1, 0.15) is 18.3 Å². The number of nitrogens with one attached hydrogen (secondary N) is 1. The Kier molecular flexibility index (Phi) is 6.70. The fraction of sp³-hybridized carbons (Fsp3) is 1.00. The molecule has 0 radical (unpaired) electrons. The van der Waals surface area contributed by atoms with Crippen LogP contribution in [-0.2, 0) is 14.2 Å². The van der Waals surface area contributed by atoms with E-state index < -0.39 is 30.7 Å². The van der Waals surface area contributed by atoms with E-state index in [1.54, 1.807) is 0 Å². The molecule has 0 amide bonds. The summed E-state index contributed by atoms with van der Waals surface area (Å²) in [6, 6.07) is 0. The van der Waals surface area contributed by atoms with Crippen LogP contribution in [0.25, 0.3) is 0 Å². The van der Waals surface area contributed by atoms with Crippen LogP contribution >= 0.6 is 0 Å². The number of fused-ring (bicyclic) bond motifs is 4. The fourth-order valence-corrected chi connectivity index (χ4v) is 13.0. The third kappa shape index (κ3) is 3.57. The maximum absolute atomic E-state index is 12.3. The Hall–Kier alpha value is -0.320. The summed E-state index contributed by atoms with van der Waals surface area (Å²) in [5.74, 6) is 1.94. The van der Waals surface area contributed by atoms with E-state index in [1.165, 1.54) is 19.3 Å². The van der Waals surface area contributed by atoms with Gasteiger partial charge in [-0.15, -0.1) is 0 Å². The molecule has 0 aromatic carbocycles. The normalized spacial score (nSPS) is 60.7. The van der Waals surface area contributed by atoms with Crippen LogP contribution in [0.4, 0.5) is 0 Å². The van der Waals surface area contributed by atoms with Crippen LogP contribution in [0.15, 0.2) is 0 Å². The molecule has 4 unspecified atom stereocenters. The highest BCUT2D eigenvalue weighted by molar-refractivity contribution is 5.32. The highest BCUT2D eigenvalue weighted by atomic mass is 16.7. The maximum Gasteiger partial charge on any atom is 0.186 e. The number of aliphatic hydroxyl groups is 4. The Bertz CT molecular complexity index is 1040. The molecule has 7 aliphatic rings. The molecule has 0 bridgehead atoms. The topological polar surface area (TPSA) is 121 Å². The first-order chi connectivity index (χ1) is 19.3. The van der Waals surface area contributed by atoms with Crippen LogP contribution in [0.2, 0.25) is 0 Å². The lowest BCUT2D eigenvalue weighted by molar-refractivity contribution is -0.303. The number of hydrogen-bond donors (Lipinski definition) is 5. The maximum atomic E-state index is 12.3. The van der Waals surface area contributed by atoms with Crippen LogP contribution in [0.1, 0.15) is 86.0 Å². The summed E-state index contributed by atoms with van der Waals surface area (Å²) in [4.78, 5) is 0. The molecule has 5 N–H and O–H groups in total. The smallest absolute Gasteiger partial charge is 0.186 e. The third-order valence-electron chi connectivity index (χ3n) is 15.0. The van der Waals surface area contributed by atoms with Crippen LogP contribution in [0.5, 0.6) is 0 Å². The summed E-state index contributed by atoms with van der Waals surface area (Å²) in [5.41, 5.74) is 0.351.